The zero-order chi connectivity index (χ0) is 23.3. The first-order valence-electron chi connectivity index (χ1n) is 10.8. The molecule has 2 aliphatic rings. The van der Waals surface area contributed by atoms with Gasteiger partial charge in [0.15, 0.2) is 0 Å². The van der Waals surface area contributed by atoms with Crippen LogP contribution in [0.15, 0.2) is 24.4 Å². The lowest BCUT2D eigenvalue weighted by Crippen LogP contribution is -2.31. The Balaban J connectivity index is 0.000000427. The summed E-state index contributed by atoms with van der Waals surface area (Å²) in [6.45, 7) is 7.95. The quantitative estimate of drug-likeness (QED) is 0.406. The minimum absolute atomic E-state index is 0.00104. The summed E-state index contributed by atoms with van der Waals surface area (Å²) in [5.74, 6) is -1.49. The predicted octanol–water partition coefficient (Wildman–Crippen LogP) is 1.16. The lowest BCUT2D eigenvalue weighted by Gasteiger charge is -2.19. The first-order valence-corrected chi connectivity index (χ1v) is 10.8. The number of carbonyl (C=O) groups excluding carboxylic acids is 1. The minimum Gasteiger partial charge on any atom is -0.473 e. The van der Waals surface area contributed by atoms with Crippen LogP contribution in [0.25, 0.3) is 10.9 Å². The van der Waals surface area contributed by atoms with E-state index in [-0.39, 0.29) is 5.91 Å². The second kappa shape index (κ2) is 10.6. The number of fused-ring (bicyclic) bond motifs is 2. The molecule has 10 nitrogen and oxygen atoms in total. The number of aromatic nitrogens is 2. The number of aliphatic carboxylic acids is 2. The van der Waals surface area contributed by atoms with E-state index in [1.54, 1.807) is 7.11 Å². The number of piperidine rings is 1. The Morgan fingerprint density at radius 1 is 1.19 bits per heavy atom. The van der Waals surface area contributed by atoms with Crippen LogP contribution in [0.3, 0.4) is 0 Å². The molecular formula is C22H30N4O6. The third-order valence-corrected chi connectivity index (χ3v) is 6.10. The van der Waals surface area contributed by atoms with Gasteiger partial charge in [-0.3, -0.25) is 9.48 Å². The molecule has 0 radical (unpaired) electrons. The van der Waals surface area contributed by atoms with E-state index in [0.717, 1.165) is 55.4 Å². The fourth-order valence-electron chi connectivity index (χ4n) is 4.40. The van der Waals surface area contributed by atoms with Crippen LogP contribution in [0.1, 0.15) is 23.7 Å². The Bertz CT molecular complexity index is 950. The number of nitrogens with zero attached hydrogens (tertiary/aromatic N) is 3. The highest BCUT2D eigenvalue weighted by atomic mass is 16.5. The summed E-state index contributed by atoms with van der Waals surface area (Å²) >= 11 is 0. The van der Waals surface area contributed by atoms with Crippen LogP contribution >= 0.6 is 0 Å². The number of carboxylic acid groups (broad SMARTS) is 2. The van der Waals surface area contributed by atoms with E-state index in [1.807, 2.05) is 29.1 Å². The van der Waals surface area contributed by atoms with Crippen molar-refractivity contribution < 1.29 is 29.3 Å². The summed E-state index contributed by atoms with van der Waals surface area (Å²) in [5, 5.41) is 23.5. The highest BCUT2D eigenvalue weighted by molar-refractivity contribution is 6.27. The fourth-order valence-corrected chi connectivity index (χ4v) is 4.40. The van der Waals surface area contributed by atoms with Gasteiger partial charge < -0.3 is 25.2 Å². The molecule has 2 atom stereocenters. The molecular weight excluding hydrogens is 416 g/mol. The highest BCUT2D eigenvalue weighted by Crippen LogP contribution is 2.51. The predicted molar refractivity (Wildman–Crippen MR) is 116 cm³/mol. The largest absolute Gasteiger partial charge is 0.473 e. The molecule has 2 fully saturated rings. The van der Waals surface area contributed by atoms with E-state index in [1.165, 1.54) is 13.1 Å². The van der Waals surface area contributed by atoms with Crippen LogP contribution in [0.4, 0.5) is 0 Å². The lowest BCUT2D eigenvalue weighted by molar-refractivity contribution is -0.159. The van der Waals surface area contributed by atoms with Gasteiger partial charge in [0.25, 0.3) is 5.91 Å². The molecule has 1 aromatic heterocycles. The second-order valence-electron chi connectivity index (χ2n) is 8.15. The molecule has 10 heteroatoms. The molecule has 2 aromatic rings. The summed E-state index contributed by atoms with van der Waals surface area (Å²) < 4.78 is 7.01. The van der Waals surface area contributed by atoms with Crippen molar-refractivity contribution >= 4 is 28.7 Å². The van der Waals surface area contributed by atoms with E-state index >= 15 is 0 Å². The van der Waals surface area contributed by atoms with Gasteiger partial charge in [0.05, 0.1) is 5.56 Å². The summed E-state index contributed by atoms with van der Waals surface area (Å²) in [5.41, 5.74) is 1.48. The molecule has 174 valence electrons. The first-order chi connectivity index (χ1) is 15.3. The second-order valence-corrected chi connectivity index (χ2v) is 8.15. The van der Waals surface area contributed by atoms with E-state index in [4.69, 9.17) is 24.5 Å². The summed E-state index contributed by atoms with van der Waals surface area (Å²) in [4.78, 5) is 33.4. The van der Waals surface area contributed by atoms with E-state index in [9.17, 15) is 4.79 Å². The van der Waals surface area contributed by atoms with Gasteiger partial charge in [0, 0.05) is 58.0 Å². The number of amides is 1. The molecule has 1 saturated heterocycles. The maximum Gasteiger partial charge on any atom is 0.414 e. The summed E-state index contributed by atoms with van der Waals surface area (Å²) in [6, 6.07) is 5.81. The molecule has 1 saturated carbocycles. The van der Waals surface area contributed by atoms with Crippen molar-refractivity contribution in [3.8, 4) is 0 Å². The third-order valence-electron chi connectivity index (χ3n) is 6.10. The Labute approximate surface area is 186 Å². The Hall–Kier alpha value is -2.98. The van der Waals surface area contributed by atoms with E-state index in [2.05, 4.69) is 22.2 Å². The number of nitrogens with one attached hydrogen (secondary N) is 1. The zero-order valence-electron chi connectivity index (χ0n) is 18.4. The maximum absolute atomic E-state index is 12.7. The van der Waals surface area contributed by atoms with Crippen LogP contribution in [0.5, 0.6) is 0 Å². The molecule has 1 aliphatic heterocycles. The number of methoxy groups -OCH3 is 1. The third kappa shape index (κ3) is 5.63. The highest BCUT2D eigenvalue weighted by Gasteiger charge is 2.54. The number of hydrogen-bond donors (Lipinski definition) is 3. The molecule has 32 heavy (non-hydrogen) atoms. The number of rotatable bonds is 8. The van der Waals surface area contributed by atoms with Gasteiger partial charge in [-0.2, -0.15) is 5.10 Å². The number of ether oxygens (including phenoxy) is 1. The molecule has 2 unspecified atom stereocenters. The molecule has 0 bridgehead atoms. The van der Waals surface area contributed by atoms with Crippen LogP contribution in [-0.2, 0) is 20.9 Å². The van der Waals surface area contributed by atoms with Crippen LogP contribution in [0.2, 0.25) is 0 Å². The van der Waals surface area contributed by atoms with Crippen LogP contribution in [-0.4, -0.2) is 82.6 Å². The molecule has 1 aliphatic carbocycles. The molecule has 0 spiro atoms. The molecule has 1 aromatic carbocycles. The van der Waals surface area contributed by atoms with Crippen LogP contribution < -0.4 is 5.32 Å². The van der Waals surface area contributed by atoms with Crippen molar-refractivity contribution in [2.75, 3.05) is 39.9 Å². The smallest absolute Gasteiger partial charge is 0.414 e. The summed E-state index contributed by atoms with van der Waals surface area (Å²) in [7, 11) is 1.76. The fraction of sp³-hybridized carbons (Fsp3) is 0.545. The molecule has 1 amide bonds. The number of carbonyl (C=O) groups is 3. The van der Waals surface area contributed by atoms with Crippen LogP contribution in [0, 0.1) is 17.8 Å². The Kier molecular flexibility index (Phi) is 7.81. The number of benzene rings is 1. The number of hydrogen-bond acceptors (Lipinski definition) is 6. The van der Waals surface area contributed by atoms with Crippen molar-refractivity contribution in [2.45, 2.75) is 19.9 Å². The van der Waals surface area contributed by atoms with Crippen molar-refractivity contribution in [1.82, 2.24) is 20.0 Å². The standard InChI is InChI=1S/C20H28N4O2.C2H2O4/c1-3-24-11-14-6-4-7-15(19(14)22-24)20(25)21-10-16-17-12-23(13-18(16)17)8-5-9-26-2;3-1(4)2(5)6/h4,6-7,11,16-18H,3,5,8-10,12-13H2,1-2H3,(H,21,25);(H,3,4)(H,5,6). The van der Waals surface area contributed by atoms with E-state index < -0.39 is 11.9 Å². The van der Waals surface area contributed by atoms with Gasteiger partial charge in [0.2, 0.25) is 0 Å². The van der Waals surface area contributed by atoms with Crippen molar-refractivity contribution in [2.24, 2.45) is 17.8 Å². The van der Waals surface area contributed by atoms with Gasteiger partial charge >= 0.3 is 11.9 Å². The summed E-state index contributed by atoms with van der Waals surface area (Å²) in [6.07, 6.45) is 3.10. The monoisotopic (exact) mass is 446 g/mol. The first kappa shape index (κ1) is 23.7. The van der Waals surface area contributed by atoms with Crippen molar-refractivity contribution in [3.05, 3.63) is 30.0 Å². The lowest BCUT2D eigenvalue weighted by atomic mass is 10.1. The van der Waals surface area contributed by atoms with Gasteiger partial charge in [-0.1, -0.05) is 12.1 Å². The minimum atomic E-state index is -1.82. The number of likely N-dealkylation sites (tertiary alicyclic amines) is 1. The number of carboxylic acids is 2. The number of aryl methyl sites for hydroxylation is 1. The van der Waals surface area contributed by atoms with E-state index in [0.29, 0.717) is 11.5 Å². The van der Waals surface area contributed by atoms with Gasteiger partial charge in [-0.15, -0.1) is 0 Å². The van der Waals surface area contributed by atoms with Gasteiger partial charge in [-0.25, -0.2) is 9.59 Å². The topological polar surface area (TPSA) is 134 Å². The average Bonchev–Trinajstić information content (AvgIpc) is 3.11. The maximum atomic E-state index is 12.7. The Morgan fingerprint density at radius 3 is 2.47 bits per heavy atom. The van der Waals surface area contributed by atoms with Gasteiger partial charge in [0.1, 0.15) is 5.52 Å². The SMILES string of the molecule is CCn1cc2cccc(C(=O)NCC3C4CN(CCCOC)CC34)c2n1.O=C(O)C(=O)O. The zero-order valence-corrected chi connectivity index (χ0v) is 18.4. The van der Waals surface area contributed by atoms with Crippen molar-refractivity contribution in [1.29, 1.82) is 0 Å². The Morgan fingerprint density at radius 2 is 1.88 bits per heavy atom. The average molecular weight is 447 g/mol. The molecule has 3 N–H and O–H groups in total. The van der Waals surface area contributed by atoms with Crippen molar-refractivity contribution in [3.63, 3.8) is 0 Å². The van der Waals surface area contributed by atoms with Gasteiger partial charge in [-0.05, 0) is 37.2 Å². The normalized spacial score (nSPS) is 21.5. The molecule has 4 rings (SSSR count). The molecule has 2 heterocycles.